The minimum atomic E-state index is -0.413. The van der Waals surface area contributed by atoms with Crippen molar-refractivity contribution in [1.82, 2.24) is 5.43 Å². The SMILES string of the molecule is CCc1c(C(=O)NN)ccc(O)c1Cl. The lowest BCUT2D eigenvalue weighted by molar-refractivity contribution is 0.0952. The van der Waals surface area contributed by atoms with Crippen LogP contribution < -0.4 is 11.3 Å². The van der Waals surface area contributed by atoms with Gasteiger partial charge in [0.1, 0.15) is 5.75 Å². The molecule has 76 valence electrons. The van der Waals surface area contributed by atoms with Crippen LogP contribution in [0.25, 0.3) is 0 Å². The molecule has 4 nitrogen and oxygen atoms in total. The van der Waals surface area contributed by atoms with Crippen LogP contribution in [0.2, 0.25) is 5.02 Å². The van der Waals surface area contributed by atoms with Gasteiger partial charge in [-0.2, -0.15) is 0 Å². The van der Waals surface area contributed by atoms with Crippen LogP contribution in [0.15, 0.2) is 12.1 Å². The van der Waals surface area contributed by atoms with Gasteiger partial charge in [0.2, 0.25) is 0 Å². The summed E-state index contributed by atoms with van der Waals surface area (Å²) in [5.41, 5.74) is 3.00. The number of nitrogen functional groups attached to an aromatic ring is 1. The lowest BCUT2D eigenvalue weighted by Gasteiger charge is -2.09. The fourth-order valence-electron chi connectivity index (χ4n) is 1.24. The first kappa shape index (κ1) is 10.8. The summed E-state index contributed by atoms with van der Waals surface area (Å²) in [5, 5.41) is 9.52. The van der Waals surface area contributed by atoms with E-state index >= 15 is 0 Å². The first-order valence-corrected chi connectivity index (χ1v) is 4.50. The average Bonchev–Trinajstić information content (AvgIpc) is 2.20. The summed E-state index contributed by atoms with van der Waals surface area (Å²) in [6, 6.07) is 2.86. The zero-order chi connectivity index (χ0) is 10.7. The molecule has 5 heteroatoms. The molecule has 1 amide bonds. The highest BCUT2D eigenvalue weighted by Gasteiger charge is 2.14. The normalized spacial score (nSPS) is 9.93. The van der Waals surface area contributed by atoms with Gasteiger partial charge < -0.3 is 5.11 Å². The van der Waals surface area contributed by atoms with Crippen LogP contribution >= 0.6 is 11.6 Å². The van der Waals surface area contributed by atoms with E-state index < -0.39 is 5.91 Å². The van der Waals surface area contributed by atoms with Crippen molar-refractivity contribution in [2.75, 3.05) is 0 Å². The van der Waals surface area contributed by atoms with Crippen LogP contribution in [-0.4, -0.2) is 11.0 Å². The number of carbonyl (C=O) groups excluding carboxylic acids is 1. The number of nitrogens with two attached hydrogens (primary N) is 1. The highest BCUT2D eigenvalue weighted by Crippen LogP contribution is 2.29. The van der Waals surface area contributed by atoms with Crippen molar-refractivity contribution < 1.29 is 9.90 Å². The number of nitrogens with one attached hydrogen (secondary N) is 1. The van der Waals surface area contributed by atoms with E-state index in [0.717, 1.165) is 0 Å². The number of phenols is 1. The second kappa shape index (κ2) is 4.30. The number of halogens is 1. The molecule has 0 bridgehead atoms. The third-order valence-electron chi connectivity index (χ3n) is 1.95. The number of benzene rings is 1. The Morgan fingerprint density at radius 3 is 2.79 bits per heavy atom. The monoisotopic (exact) mass is 214 g/mol. The van der Waals surface area contributed by atoms with Crippen LogP contribution in [0.1, 0.15) is 22.8 Å². The molecule has 0 atom stereocenters. The Hall–Kier alpha value is -1.26. The van der Waals surface area contributed by atoms with E-state index in [2.05, 4.69) is 0 Å². The topological polar surface area (TPSA) is 75.4 Å². The number of hydrazine groups is 1. The number of rotatable bonds is 2. The number of amides is 1. The van der Waals surface area contributed by atoms with Crippen molar-refractivity contribution in [2.45, 2.75) is 13.3 Å². The van der Waals surface area contributed by atoms with E-state index in [4.69, 9.17) is 17.4 Å². The lowest BCUT2D eigenvalue weighted by Crippen LogP contribution is -2.30. The highest BCUT2D eigenvalue weighted by atomic mass is 35.5. The maximum absolute atomic E-state index is 11.3. The highest BCUT2D eigenvalue weighted by molar-refractivity contribution is 6.33. The molecule has 0 aromatic heterocycles. The number of aromatic hydroxyl groups is 1. The Bertz CT molecular complexity index is 366. The van der Waals surface area contributed by atoms with Gasteiger partial charge in [0.05, 0.1) is 5.02 Å². The fraction of sp³-hybridized carbons (Fsp3) is 0.222. The maximum Gasteiger partial charge on any atom is 0.265 e. The third-order valence-corrected chi connectivity index (χ3v) is 2.37. The minimum absolute atomic E-state index is 0.0305. The minimum Gasteiger partial charge on any atom is -0.506 e. The van der Waals surface area contributed by atoms with Gasteiger partial charge in [0, 0.05) is 5.56 Å². The zero-order valence-corrected chi connectivity index (χ0v) is 8.43. The number of carbonyl (C=O) groups is 1. The summed E-state index contributed by atoms with van der Waals surface area (Å²) in [6.07, 6.45) is 0.552. The third kappa shape index (κ3) is 1.81. The van der Waals surface area contributed by atoms with E-state index in [1.54, 1.807) is 0 Å². The van der Waals surface area contributed by atoms with Gasteiger partial charge >= 0.3 is 0 Å². The van der Waals surface area contributed by atoms with E-state index in [0.29, 0.717) is 17.5 Å². The van der Waals surface area contributed by atoms with Crippen LogP contribution in [0.5, 0.6) is 5.75 Å². The molecule has 0 radical (unpaired) electrons. The molecule has 1 aromatic carbocycles. The van der Waals surface area contributed by atoms with Crippen molar-refractivity contribution >= 4 is 17.5 Å². The molecule has 0 fully saturated rings. The van der Waals surface area contributed by atoms with Crippen LogP contribution in [0, 0.1) is 0 Å². The Morgan fingerprint density at radius 2 is 2.29 bits per heavy atom. The molecular weight excluding hydrogens is 204 g/mol. The molecule has 1 rings (SSSR count). The molecule has 0 saturated carbocycles. The van der Waals surface area contributed by atoms with Crippen molar-refractivity contribution in [2.24, 2.45) is 5.84 Å². The van der Waals surface area contributed by atoms with Gasteiger partial charge in [-0.25, -0.2) is 5.84 Å². The number of hydrogen-bond acceptors (Lipinski definition) is 3. The standard InChI is InChI=1S/C9H11ClN2O2/c1-2-5-6(9(14)12-11)3-4-7(13)8(5)10/h3-4,13H,2,11H2,1H3,(H,12,14). The van der Waals surface area contributed by atoms with E-state index in [9.17, 15) is 9.90 Å². The maximum atomic E-state index is 11.3. The molecule has 0 spiro atoms. The second-order valence-electron chi connectivity index (χ2n) is 2.75. The molecule has 0 aliphatic heterocycles. The van der Waals surface area contributed by atoms with Crippen molar-refractivity contribution in [1.29, 1.82) is 0 Å². The number of phenolic OH excluding ortho intramolecular Hbond substituents is 1. The van der Waals surface area contributed by atoms with E-state index in [1.807, 2.05) is 12.3 Å². The first-order valence-electron chi connectivity index (χ1n) is 4.13. The zero-order valence-electron chi connectivity index (χ0n) is 7.67. The molecular formula is C9H11ClN2O2. The van der Waals surface area contributed by atoms with E-state index in [-0.39, 0.29) is 10.8 Å². The molecule has 0 aliphatic rings. The predicted molar refractivity (Wildman–Crippen MR) is 54.1 cm³/mol. The molecule has 0 heterocycles. The largest absolute Gasteiger partial charge is 0.506 e. The number of hydrogen-bond donors (Lipinski definition) is 3. The van der Waals surface area contributed by atoms with Gasteiger partial charge in [0.15, 0.2) is 0 Å². The molecule has 0 aliphatic carbocycles. The van der Waals surface area contributed by atoms with E-state index in [1.165, 1.54) is 12.1 Å². The molecule has 1 aromatic rings. The Labute approximate surface area is 86.6 Å². The Morgan fingerprint density at radius 1 is 1.64 bits per heavy atom. The van der Waals surface area contributed by atoms with Crippen molar-refractivity contribution in [3.63, 3.8) is 0 Å². The van der Waals surface area contributed by atoms with Crippen LogP contribution in [0.4, 0.5) is 0 Å². The quantitative estimate of drug-likeness (QED) is 0.394. The smallest absolute Gasteiger partial charge is 0.265 e. The molecule has 14 heavy (non-hydrogen) atoms. The molecule has 4 N–H and O–H groups in total. The fourth-order valence-corrected chi connectivity index (χ4v) is 1.54. The van der Waals surface area contributed by atoms with Gasteiger partial charge in [-0.1, -0.05) is 18.5 Å². The molecule has 0 unspecified atom stereocenters. The predicted octanol–water partition coefficient (Wildman–Crippen LogP) is 1.21. The average molecular weight is 215 g/mol. The first-order chi connectivity index (χ1) is 6.61. The van der Waals surface area contributed by atoms with Gasteiger partial charge in [-0.3, -0.25) is 10.2 Å². The Kier molecular flexibility index (Phi) is 3.33. The Balaban J connectivity index is 3.31. The van der Waals surface area contributed by atoms with Crippen LogP contribution in [-0.2, 0) is 6.42 Å². The summed E-state index contributed by atoms with van der Waals surface area (Å²) in [7, 11) is 0. The lowest BCUT2D eigenvalue weighted by atomic mass is 10.0. The van der Waals surface area contributed by atoms with Gasteiger partial charge in [-0.15, -0.1) is 0 Å². The summed E-state index contributed by atoms with van der Waals surface area (Å²) in [4.78, 5) is 11.3. The van der Waals surface area contributed by atoms with Crippen molar-refractivity contribution in [3.8, 4) is 5.75 Å². The van der Waals surface area contributed by atoms with Gasteiger partial charge in [0.25, 0.3) is 5.91 Å². The summed E-state index contributed by atoms with van der Waals surface area (Å²) in [5.74, 6) is 4.57. The van der Waals surface area contributed by atoms with Gasteiger partial charge in [-0.05, 0) is 24.1 Å². The summed E-state index contributed by atoms with van der Waals surface area (Å²) < 4.78 is 0. The van der Waals surface area contributed by atoms with Crippen LogP contribution in [0.3, 0.4) is 0 Å². The second-order valence-corrected chi connectivity index (χ2v) is 3.13. The molecule has 0 saturated heterocycles. The van der Waals surface area contributed by atoms with Crippen molar-refractivity contribution in [3.05, 3.63) is 28.3 Å². The summed E-state index contributed by atoms with van der Waals surface area (Å²) >= 11 is 5.83. The summed E-state index contributed by atoms with van der Waals surface area (Å²) in [6.45, 7) is 1.84.